The fraction of sp³-hybridized carbons (Fsp3) is 0.538. The summed E-state index contributed by atoms with van der Waals surface area (Å²) in [5.74, 6) is -0.971. The van der Waals surface area contributed by atoms with Gasteiger partial charge in [0.25, 0.3) is 0 Å². The monoisotopic (exact) mass is 337 g/mol. The fourth-order valence-electron chi connectivity index (χ4n) is 1.61. The summed E-state index contributed by atoms with van der Waals surface area (Å²) in [5, 5.41) is 0. The van der Waals surface area contributed by atoms with E-state index in [1.807, 2.05) is 6.92 Å². The molecule has 0 aliphatic carbocycles. The predicted molar refractivity (Wildman–Crippen MR) is 78.8 cm³/mol. The van der Waals surface area contributed by atoms with E-state index in [-0.39, 0.29) is 4.90 Å². The summed E-state index contributed by atoms with van der Waals surface area (Å²) in [5.41, 5.74) is -0.716. The lowest BCUT2D eigenvalue weighted by Crippen LogP contribution is -2.44. The van der Waals surface area contributed by atoms with Crippen molar-refractivity contribution in [3.05, 3.63) is 24.0 Å². The maximum Gasteiger partial charge on any atom is 0.246 e. The number of hydrogen-bond acceptors (Lipinski definition) is 4. The number of sulfone groups is 1. The van der Waals surface area contributed by atoms with Crippen LogP contribution in [0.4, 0.5) is 4.39 Å². The third kappa shape index (κ3) is 3.61. The second-order valence-corrected chi connectivity index (χ2v) is 9.46. The maximum absolute atomic E-state index is 13.9. The van der Waals surface area contributed by atoms with E-state index < -0.39 is 36.1 Å². The van der Waals surface area contributed by atoms with Gasteiger partial charge in [-0.05, 0) is 38.5 Å². The zero-order valence-electron chi connectivity index (χ0n) is 12.7. The van der Waals surface area contributed by atoms with Gasteiger partial charge in [-0.15, -0.1) is 0 Å². The smallest absolute Gasteiger partial charge is 0.224 e. The Hall–Kier alpha value is -0.990. The van der Waals surface area contributed by atoms with E-state index in [9.17, 15) is 21.2 Å². The highest BCUT2D eigenvalue weighted by molar-refractivity contribution is 7.91. The molecule has 0 atom stereocenters. The van der Waals surface area contributed by atoms with E-state index >= 15 is 0 Å². The van der Waals surface area contributed by atoms with Gasteiger partial charge in [0, 0.05) is 18.8 Å². The molecule has 0 heterocycles. The molecule has 0 amide bonds. The molecule has 0 radical (unpaired) electrons. The third-order valence-electron chi connectivity index (χ3n) is 3.69. The first-order valence-corrected chi connectivity index (χ1v) is 9.66. The molecule has 1 aromatic carbocycles. The summed E-state index contributed by atoms with van der Waals surface area (Å²) in [4.78, 5) is -0.861. The third-order valence-corrected chi connectivity index (χ3v) is 6.88. The molecule has 5 nitrogen and oxygen atoms in total. The molecule has 0 saturated heterocycles. The van der Waals surface area contributed by atoms with Crippen molar-refractivity contribution in [3.8, 4) is 0 Å². The van der Waals surface area contributed by atoms with Crippen LogP contribution in [0.1, 0.15) is 27.2 Å². The standard InChI is InChI=1S/C13H20FNO4S2/c1-6-13(2,3)15(4)21(18,19)12-9-10(20(5,16)17)7-8-11(12)14/h7-9H,6H2,1-5H3. The van der Waals surface area contributed by atoms with Gasteiger partial charge in [0.15, 0.2) is 9.84 Å². The molecule has 0 unspecified atom stereocenters. The van der Waals surface area contributed by atoms with Crippen LogP contribution in [0, 0.1) is 5.82 Å². The Morgan fingerprint density at radius 2 is 1.71 bits per heavy atom. The zero-order valence-corrected chi connectivity index (χ0v) is 14.3. The second kappa shape index (κ2) is 5.66. The molecule has 0 fully saturated rings. The lowest BCUT2D eigenvalue weighted by Gasteiger charge is -2.33. The fourth-order valence-corrected chi connectivity index (χ4v) is 3.99. The molecule has 1 rings (SSSR count). The first-order valence-electron chi connectivity index (χ1n) is 6.32. The molecule has 21 heavy (non-hydrogen) atoms. The zero-order chi connectivity index (χ0) is 16.6. The van der Waals surface area contributed by atoms with Crippen molar-refractivity contribution in [2.75, 3.05) is 13.3 Å². The normalized spacial score (nSPS) is 13.7. The Balaban J connectivity index is 3.53. The molecule has 1 aromatic rings. The second-order valence-electron chi connectivity index (χ2n) is 5.50. The van der Waals surface area contributed by atoms with Gasteiger partial charge in [0.05, 0.1) is 4.90 Å². The van der Waals surface area contributed by atoms with Gasteiger partial charge in [-0.1, -0.05) is 6.92 Å². The SMILES string of the molecule is CCC(C)(C)N(C)S(=O)(=O)c1cc(S(C)(=O)=O)ccc1F. The molecule has 0 aliphatic rings. The van der Waals surface area contributed by atoms with Gasteiger partial charge >= 0.3 is 0 Å². The highest BCUT2D eigenvalue weighted by Crippen LogP contribution is 2.28. The summed E-state index contributed by atoms with van der Waals surface area (Å²) >= 11 is 0. The van der Waals surface area contributed by atoms with E-state index in [1.54, 1.807) is 13.8 Å². The van der Waals surface area contributed by atoms with Gasteiger partial charge in [-0.25, -0.2) is 21.2 Å². The summed E-state index contributed by atoms with van der Waals surface area (Å²) in [6.07, 6.45) is 1.46. The van der Waals surface area contributed by atoms with E-state index in [0.717, 1.165) is 28.8 Å². The molecule has 8 heteroatoms. The summed E-state index contributed by atoms with van der Waals surface area (Å²) < 4.78 is 63.1. The van der Waals surface area contributed by atoms with Crippen LogP contribution in [0.2, 0.25) is 0 Å². The van der Waals surface area contributed by atoms with E-state index in [0.29, 0.717) is 6.42 Å². The Kier molecular flexibility index (Phi) is 4.87. The first kappa shape index (κ1) is 18.1. The van der Waals surface area contributed by atoms with Crippen LogP contribution in [0.3, 0.4) is 0 Å². The minimum absolute atomic E-state index is 0.231. The summed E-state index contributed by atoms with van der Waals surface area (Å²) in [6, 6.07) is 2.77. The highest BCUT2D eigenvalue weighted by Gasteiger charge is 2.34. The topological polar surface area (TPSA) is 71.5 Å². The first-order chi connectivity index (χ1) is 9.34. The van der Waals surface area contributed by atoms with Gasteiger partial charge in [0.1, 0.15) is 10.7 Å². The molecule has 0 bridgehead atoms. The van der Waals surface area contributed by atoms with Gasteiger partial charge in [0.2, 0.25) is 10.0 Å². The molecule has 0 N–H and O–H groups in total. The largest absolute Gasteiger partial charge is 0.246 e. The quantitative estimate of drug-likeness (QED) is 0.771. The van der Waals surface area contributed by atoms with Crippen LogP contribution >= 0.6 is 0 Å². The average Bonchev–Trinajstić information content (AvgIpc) is 2.36. The van der Waals surface area contributed by atoms with Crippen molar-refractivity contribution in [2.45, 2.75) is 42.5 Å². The van der Waals surface area contributed by atoms with Crippen LogP contribution in [0.15, 0.2) is 28.0 Å². The van der Waals surface area contributed by atoms with Gasteiger partial charge < -0.3 is 0 Å². The molecular formula is C13H20FNO4S2. The van der Waals surface area contributed by atoms with Crippen molar-refractivity contribution in [1.29, 1.82) is 0 Å². The van der Waals surface area contributed by atoms with Gasteiger partial charge in [-0.2, -0.15) is 4.31 Å². The highest BCUT2D eigenvalue weighted by atomic mass is 32.2. The molecule has 0 aromatic heterocycles. The molecular weight excluding hydrogens is 317 g/mol. The van der Waals surface area contributed by atoms with Crippen molar-refractivity contribution < 1.29 is 21.2 Å². The lowest BCUT2D eigenvalue weighted by molar-refractivity contribution is 0.256. The molecule has 0 saturated carbocycles. The Morgan fingerprint density at radius 1 is 1.19 bits per heavy atom. The Labute approximate surface area is 125 Å². The summed E-state index contributed by atoms with van der Waals surface area (Å²) in [7, 11) is -6.39. The van der Waals surface area contributed by atoms with Crippen LogP contribution in [0.5, 0.6) is 0 Å². The van der Waals surface area contributed by atoms with E-state index in [1.165, 1.54) is 7.05 Å². The van der Waals surface area contributed by atoms with E-state index in [2.05, 4.69) is 0 Å². The molecule has 0 spiro atoms. The lowest BCUT2D eigenvalue weighted by atomic mass is 10.0. The number of rotatable bonds is 5. The van der Waals surface area contributed by atoms with Crippen molar-refractivity contribution in [3.63, 3.8) is 0 Å². The number of halogens is 1. The number of benzene rings is 1. The van der Waals surface area contributed by atoms with Crippen molar-refractivity contribution >= 4 is 19.9 Å². The number of sulfonamides is 1. The van der Waals surface area contributed by atoms with Crippen LogP contribution < -0.4 is 0 Å². The average molecular weight is 337 g/mol. The van der Waals surface area contributed by atoms with Crippen LogP contribution in [0.25, 0.3) is 0 Å². The van der Waals surface area contributed by atoms with Crippen molar-refractivity contribution in [2.24, 2.45) is 0 Å². The van der Waals surface area contributed by atoms with Crippen molar-refractivity contribution in [1.82, 2.24) is 4.31 Å². The van der Waals surface area contributed by atoms with Crippen LogP contribution in [-0.2, 0) is 19.9 Å². The molecule has 120 valence electrons. The van der Waals surface area contributed by atoms with E-state index in [4.69, 9.17) is 0 Å². The Bertz CT molecular complexity index is 739. The van der Waals surface area contributed by atoms with Crippen LogP contribution in [-0.4, -0.2) is 40.0 Å². The number of nitrogens with zero attached hydrogens (tertiary/aromatic N) is 1. The van der Waals surface area contributed by atoms with Gasteiger partial charge in [-0.3, -0.25) is 0 Å². The minimum atomic E-state index is -4.13. The summed E-state index contributed by atoms with van der Waals surface area (Å²) in [6.45, 7) is 5.24. The number of hydrogen-bond donors (Lipinski definition) is 0. The molecule has 0 aliphatic heterocycles. The Morgan fingerprint density at radius 3 is 2.14 bits per heavy atom. The predicted octanol–water partition coefficient (Wildman–Crippen LogP) is 2.04. The minimum Gasteiger partial charge on any atom is -0.224 e. The maximum atomic E-state index is 13.9.